The number of benzene rings is 1. The fourth-order valence-electron chi connectivity index (χ4n) is 4.20. The van der Waals surface area contributed by atoms with Crippen LogP contribution in [0, 0.1) is 12.8 Å². The molecule has 2 atom stereocenters. The van der Waals surface area contributed by atoms with E-state index >= 15 is 0 Å². The highest BCUT2D eigenvalue weighted by Crippen LogP contribution is 2.40. The highest BCUT2D eigenvalue weighted by molar-refractivity contribution is 5.56. The quantitative estimate of drug-likeness (QED) is 0.889. The fourth-order valence-corrected chi connectivity index (χ4v) is 4.20. The van der Waals surface area contributed by atoms with Gasteiger partial charge in [0.1, 0.15) is 0 Å². The number of aryl methyl sites for hydroxylation is 1. The number of hydrogen-bond donors (Lipinski definition) is 1. The molecule has 3 rings (SSSR count). The Hall–Kier alpha value is -1.02. The highest BCUT2D eigenvalue weighted by atomic mass is 15.2. The van der Waals surface area contributed by atoms with E-state index in [4.69, 9.17) is 0 Å². The Bertz CT molecular complexity index is 480. The van der Waals surface area contributed by atoms with Gasteiger partial charge in [-0.2, -0.15) is 0 Å². The van der Waals surface area contributed by atoms with E-state index in [0.29, 0.717) is 6.04 Å². The van der Waals surface area contributed by atoms with Crippen molar-refractivity contribution in [3.8, 4) is 0 Å². The Labute approximate surface area is 129 Å². The van der Waals surface area contributed by atoms with E-state index < -0.39 is 0 Å². The number of nitrogens with zero attached hydrogens (tertiary/aromatic N) is 1. The zero-order chi connectivity index (χ0) is 14.8. The van der Waals surface area contributed by atoms with Crippen LogP contribution in [0.25, 0.3) is 0 Å². The number of nitrogens with one attached hydrogen (secondary N) is 1. The van der Waals surface area contributed by atoms with Crippen molar-refractivity contribution in [3.63, 3.8) is 0 Å². The summed E-state index contributed by atoms with van der Waals surface area (Å²) in [4.78, 5) is 2.73. The summed E-state index contributed by atoms with van der Waals surface area (Å²) < 4.78 is 0. The lowest BCUT2D eigenvalue weighted by molar-refractivity contribution is 0.361. The second kappa shape index (κ2) is 6.39. The van der Waals surface area contributed by atoms with Gasteiger partial charge in [-0.05, 0) is 50.2 Å². The Morgan fingerprint density at radius 2 is 2.00 bits per heavy atom. The number of rotatable bonds is 4. The maximum Gasteiger partial charge on any atom is 0.0414 e. The van der Waals surface area contributed by atoms with E-state index in [1.165, 1.54) is 55.5 Å². The third kappa shape index (κ3) is 3.26. The summed E-state index contributed by atoms with van der Waals surface area (Å²) in [6, 6.07) is 8.38. The first-order chi connectivity index (χ1) is 10.1. The van der Waals surface area contributed by atoms with Crippen LogP contribution in [0.15, 0.2) is 18.2 Å². The Balaban J connectivity index is 1.86. The second-order valence-corrected chi connectivity index (χ2v) is 7.26. The molecule has 0 radical (unpaired) electrons. The van der Waals surface area contributed by atoms with E-state index in [9.17, 15) is 0 Å². The number of hydrogen-bond acceptors (Lipinski definition) is 2. The normalized spacial score (nSPS) is 25.4. The zero-order valence-corrected chi connectivity index (χ0v) is 13.9. The third-order valence-electron chi connectivity index (χ3n) is 5.24. The molecule has 116 valence electrons. The summed E-state index contributed by atoms with van der Waals surface area (Å²) in [5.74, 6) is 0.950. The van der Waals surface area contributed by atoms with Crippen LogP contribution in [-0.2, 0) is 6.54 Å². The topological polar surface area (TPSA) is 15.3 Å². The molecule has 1 aromatic rings. The maximum absolute atomic E-state index is 3.60. The third-order valence-corrected chi connectivity index (χ3v) is 5.24. The van der Waals surface area contributed by atoms with Gasteiger partial charge in [-0.25, -0.2) is 0 Å². The van der Waals surface area contributed by atoms with Crippen molar-refractivity contribution in [1.29, 1.82) is 0 Å². The smallest absolute Gasteiger partial charge is 0.0414 e. The van der Waals surface area contributed by atoms with Crippen molar-refractivity contribution >= 4 is 5.69 Å². The summed E-state index contributed by atoms with van der Waals surface area (Å²) in [7, 11) is 0. The van der Waals surface area contributed by atoms with Crippen molar-refractivity contribution in [2.45, 2.75) is 71.5 Å². The lowest BCUT2D eigenvalue weighted by Gasteiger charge is -2.40. The molecule has 0 spiro atoms. The molecule has 1 aromatic carbocycles. The molecule has 21 heavy (non-hydrogen) atoms. The van der Waals surface area contributed by atoms with Crippen molar-refractivity contribution < 1.29 is 0 Å². The van der Waals surface area contributed by atoms with Gasteiger partial charge in [0.25, 0.3) is 0 Å². The van der Waals surface area contributed by atoms with Gasteiger partial charge in [0, 0.05) is 30.9 Å². The number of anilines is 1. The van der Waals surface area contributed by atoms with Gasteiger partial charge in [-0.1, -0.05) is 38.0 Å². The van der Waals surface area contributed by atoms with Crippen LogP contribution in [0.5, 0.6) is 0 Å². The van der Waals surface area contributed by atoms with Gasteiger partial charge < -0.3 is 10.2 Å². The summed E-state index contributed by atoms with van der Waals surface area (Å²) in [5.41, 5.74) is 4.35. The molecule has 1 aliphatic heterocycles. The molecular formula is C19H30N2. The first-order valence-corrected chi connectivity index (χ1v) is 8.74. The fraction of sp³-hybridized carbons (Fsp3) is 0.684. The Kier molecular flexibility index (Phi) is 4.54. The molecule has 1 N–H and O–H groups in total. The largest absolute Gasteiger partial charge is 0.368 e. The summed E-state index contributed by atoms with van der Waals surface area (Å²) in [6.07, 6.45) is 7.10. The average Bonchev–Trinajstić information content (AvgIpc) is 2.93. The minimum Gasteiger partial charge on any atom is -0.368 e. The van der Waals surface area contributed by atoms with Crippen molar-refractivity contribution in [3.05, 3.63) is 29.3 Å². The van der Waals surface area contributed by atoms with Crippen LogP contribution in [0.2, 0.25) is 0 Å². The van der Waals surface area contributed by atoms with Crippen LogP contribution in [0.4, 0.5) is 5.69 Å². The minimum absolute atomic E-state index is 0.541. The van der Waals surface area contributed by atoms with Crippen LogP contribution in [0.3, 0.4) is 0 Å². The molecular weight excluding hydrogens is 256 g/mol. The van der Waals surface area contributed by atoms with Gasteiger partial charge in [-0.3, -0.25) is 0 Å². The second-order valence-electron chi connectivity index (χ2n) is 7.26. The molecule has 2 heteroatoms. The van der Waals surface area contributed by atoms with Crippen LogP contribution >= 0.6 is 0 Å². The molecule has 1 heterocycles. The molecule has 1 saturated heterocycles. The lowest BCUT2D eigenvalue weighted by Crippen LogP contribution is -2.43. The van der Waals surface area contributed by atoms with Crippen molar-refractivity contribution in [2.75, 3.05) is 11.4 Å². The van der Waals surface area contributed by atoms with Crippen molar-refractivity contribution in [2.24, 2.45) is 5.92 Å². The molecule has 1 saturated carbocycles. The van der Waals surface area contributed by atoms with Crippen LogP contribution in [0.1, 0.15) is 57.1 Å². The molecule has 0 amide bonds. The lowest BCUT2D eigenvalue weighted by atomic mass is 9.90. The highest BCUT2D eigenvalue weighted by Gasteiger charge is 2.35. The standard InChI is InChI=1S/C19H30N2/c1-14(2)20-13-17-12-15(3)9-10-19(17)21-11-5-7-16-6-4-8-18(16)21/h9-10,12,14,16,18,20H,4-8,11,13H2,1-3H3. The predicted molar refractivity (Wildman–Crippen MR) is 90.9 cm³/mol. The Morgan fingerprint density at radius 3 is 2.81 bits per heavy atom. The summed E-state index contributed by atoms with van der Waals surface area (Å²) in [6.45, 7) is 8.89. The van der Waals surface area contributed by atoms with Gasteiger partial charge in [-0.15, -0.1) is 0 Å². The van der Waals surface area contributed by atoms with Crippen LogP contribution in [-0.4, -0.2) is 18.6 Å². The van der Waals surface area contributed by atoms with E-state index in [1.54, 1.807) is 0 Å². The molecule has 2 aliphatic rings. The monoisotopic (exact) mass is 286 g/mol. The number of piperidine rings is 1. The Morgan fingerprint density at radius 1 is 1.19 bits per heavy atom. The maximum atomic E-state index is 3.60. The van der Waals surface area contributed by atoms with E-state index in [-0.39, 0.29) is 0 Å². The average molecular weight is 286 g/mol. The van der Waals surface area contributed by atoms with Gasteiger partial charge in [0.2, 0.25) is 0 Å². The van der Waals surface area contributed by atoms with Gasteiger partial charge >= 0.3 is 0 Å². The summed E-state index contributed by atoms with van der Waals surface area (Å²) in [5, 5.41) is 3.60. The van der Waals surface area contributed by atoms with Crippen LogP contribution < -0.4 is 10.2 Å². The zero-order valence-electron chi connectivity index (χ0n) is 13.9. The molecule has 0 aromatic heterocycles. The first kappa shape index (κ1) is 14.9. The number of fused-ring (bicyclic) bond motifs is 1. The van der Waals surface area contributed by atoms with Gasteiger partial charge in [0.05, 0.1) is 0 Å². The van der Waals surface area contributed by atoms with E-state index in [2.05, 4.69) is 49.2 Å². The van der Waals surface area contributed by atoms with Crippen molar-refractivity contribution in [1.82, 2.24) is 5.32 Å². The van der Waals surface area contributed by atoms with Gasteiger partial charge in [0.15, 0.2) is 0 Å². The SMILES string of the molecule is Cc1ccc(N2CCCC3CCCC32)c(CNC(C)C)c1. The predicted octanol–water partition coefficient (Wildman–Crippen LogP) is 4.26. The molecule has 2 unspecified atom stereocenters. The molecule has 0 bridgehead atoms. The minimum atomic E-state index is 0.541. The molecule has 1 aliphatic carbocycles. The summed E-state index contributed by atoms with van der Waals surface area (Å²) >= 11 is 0. The molecule has 2 fully saturated rings. The first-order valence-electron chi connectivity index (χ1n) is 8.74. The van der Waals surface area contributed by atoms with E-state index in [1.807, 2.05) is 0 Å². The van der Waals surface area contributed by atoms with E-state index in [0.717, 1.165) is 18.5 Å². The molecule has 2 nitrogen and oxygen atoms in total.